The topological polar surface area (TPSA) is 72.0 Å². The molecule has 30 heavy (non-hydrogen) atoms. The average molecular weight is 456 g/mol. The third kappa shape index (κ3) is 4.61. The number of nitrogens with zero attached hydrogens (tertiary/aromatic N) is 3. The summed E-state index contributed by atoms with van der Waals surface area (Å²) in [6.45, 7) is 2.71. The lowest BCUT2D eigenvalue weighted by molar-refractivity contribution is 0.0584. The Kier molecular flexibility index (Phi) is 6.57. The lowest BCUT2D eigenvalue weighted by atomic mass is 10.00. The molecule has 2 aliphatic heterocycles. The van der Waals surface area contributed by atoms with Gasteiger partial charge in [0.05, 0.1) is 7.11 Å². The quantitative estimate of drug-likeness (QED) is 0.667. The molecule has 0 radical (unpaired) electrons. The van der Waals surface area contributed by atoms with Gasteiger partial charge in [-0.25, -0.2) is 17.8 Å². The van der Waals surface area contributed by atoms with Crippen molar-refractivity contribution in [2.45, 2.75) is 42.7 Å². The van der Waals surface area contributed by atoms with E-state index in [1.165, 1.54) is 34.9 Å². The molecule has 0 bridgehead atoms. The van der Waals surface area contributed by atoms with Gasteiger partial charge in [0.15, 0.2) is 0 Å². The van der Waals surface area contributed by atoms with Gasteiger partial charge in [-0.2, -0.15) is 4.31 Å². The maximum Gasteiger partial charge on any atom is 0.273 e. The van der Waals surface area contributed by atoms with Crippen LogP contribution in [0.2, 0.25) is 0 Å². The summed E-state index contributed by atoms with van der Waals surface area (Å²) < 4.78 is 52.3. The molecule has 0 amide bonds. The van der Waals surface area contributed by atoms with Crippen LogP contribution in [0.4, 0.5) is 4.39 Å². The van der Waals surface area contributed by atoms with Crippen molar-refractivity contribution in [3.8, 4) is 10.9 Å². The summed E-state index contributed by atoms with van der Waals surface area (Å²) in [5.41, 5.74) is 0. The Morgan fingerprint density at radius 2 is 1.87 bits per heavy atom. The Labute approximate surface area is 180 Å². The second-order valence-electron chi connectivity index (χ2n) is 7.58. The van der Waals surface area contributed by atoms with Crippen LogP contribution in [0, 0.1) is 5.82 Å². The minimum atomic E-state index is -3.80. The van der Waals surface area contributed by atoms with E-state index in [9.17, 15) is 12.8 Å². The van der Waals surface area contributed by atoms with Gasteiger partial charge in [0.25, 0.3) is 5.19 Å². The normalized spacial score (nSPS) is 20.3. The van der Waals surface area contributed by atoms with Crippen LogP contribution >= 0.6 is 11.3 Å². The highest BCUT2D eigenvalue weighted by Gasteiger charge is 2.35. The largest absolute Gasteiger partial charge is 0.495 e. The van der Waals surface area contributed by atoms with Crippen LogP contribution in [0.25, 0.3) is 0 Å². The van der Waals surface area contributed by atoms with E-state index in [0.29, 0.717) is 19.1 Å². The molecule has 1 aromatic heterocycles. The van der Waals surface area contributed by atoms with Crippen LogP contribution < -0.4 is 9.47 Å². The molecule has 2 aromatic rings. The molecule has 2 saturated heterocycles. The zero-order valence-electron chi connectivity index (χ0n) is 16.9. The van der Waals surface area contributed by atoms with Crippen LogP contribution in [-0.4, -0.2) is 68.0 Å². The SMILES string of the molecule is COc1ccc(F)cc1S(=O)(=O)N1CCC(N2CCC(Oc3nccs3)CC2)CC1. The fourth-order valence-electron chi connectivity index (χ4n) is 4.21. The van der Waals surface area contributed by atoms with Gasteiger partial charge in [-0.05, 0) is 43.9 Å². The fraction of sp³-hybridized carbons (Fsp3) is 0.550. The predicted octanol–water partition coefficient (Wildman–Crippen LogP) is 2.99. The summed E-state index contributed by atoms with van der Waals surface area (Å²) >= 11 is 1.51. The van der Waals surface area contributed by atoms with Crippen molar-refractivity contribution >= 4 is 21.4 Å². The van der Waals surface area contributed by atoms with Crippen LogP contribution in [0.5, 0.6) is 10.9 Å². The number of aromatic nitrogens is 1. The van der Waals surface area contributed by atoms with Crippen molar-refractivity contribution in [3.05, 3.63) is 35.6 Å². The highest BCUT2D eigenvalue weighted by molar-refractivity contribution is 7.89. The zero-order valence-corrected chi connectivity index (χ0v) is 18.5. The fourth-order valence-corrected chi connectivity index (χ4v) is 6.40. The summed E-state index contributed by atoms with van der Waals surface area (Å²) in [4.78, 5) is 6.51. The Morgan fingerprint density at radius 3 is 2.50 bits per heavy atom. The van der Waals surface area contributed by atoms with E-state index >= 15 is 0 Å². The van der Waals surface area contributed by atoms with Crippen molar-refractivity contribution in [1.82, 2.24) is 14.2 Å². The molecule has 1 aromatic carbocycles. The number of ether oxygens (including phenoxy) is 2. The van der Waals surface area contributed by atoms with Crippen molar-refractivity contribution in [2.75, 3.05) is 33.3 Å². The Balaban J connectivity index is 1.32. The summed E-state index contributed by atoms with van der Waals surface area (Å²) in [6.07, 6.45) is 5.34. The Bertz CT molecular complexity index is 939. The van der Waals surface area contributed by atoms with Crippen LogP contribution in [0.15, 0.2) is 34.7 Å². The van der Waals surface area contributed by atoms with Crippen LogP contribution in [0.1, 0.15) is 25.7 Å². The number of thiazole rings is 1. The third-order valence-corrected chi connectivity index (χ3v) is 8.42. The predicted molar refractivity (Wildman–Crippen MR) is 112 cm³/mol. The molecule has 2 aliphatic rings. The molecular weight excluding hydrogens is 429 g/mol. The number of rotatable bonds is 6. The highest BCUT2D eigenvalue weighted by Crippen LogP contribution is 2.31. The molecule has 0 atom stereocenters. The smallest absolute Gasteiger partial charge is 0.273 e. The van der Waals surface area contributed by atoms with Crippen molar-refractivity contribution in [2.24, 2.45) is 0 Å². The Morgan fingerprint density at radius 1 is 1.13 bits per heavy atom. The monoisotopic (exact) mass is 455 g/mol. The van der Waals surface area contributed by atoms with Crippen LogP contribution in [0.3, 0.4) is 0 Å². The lowest BCUT2D eigenvalue weighted by Crippen LogP contribution is -2.50. The van der Waals surface area contributed by atoms with Gasteiger partial charge in [-0.1, -0.05) is 11.3 Å². The van der Waals surface area contributed by atoms with Gasteiger partial charge < -0.3 is 14.4 Å². The summed E-state index contributed by atoms with van der Waals surface area (Å²) in [7, 11) is -2.41. The first-order valence-corrected chi connectivity index (χ1v) is 12.4. The molecule has 164 valence electrons. The van der Waals surface area contributed by atoms with Gasteiger partial charge in [0.2, 0.25) is 10.0 Å². The molecule has 0 unspecified atom stereocenters. The highest BCUT2D eigenvalue weighted by atomic mass is 32.2. The van der Waals surface area contributed by atoms with E-state index < -0.39 is 15.8 Å². The van der Waals surface area contributed by atoms with E-state index in [4.69, 9.17) is 9.47 Å². The molecule has 0 saturated carbocycles. The molecule has 0 N–H and O–H groups in total. The van der Waals surface area contributed by atoms with E-state index in [0.717, 1.165) is 50.0 Å². The van der Waals surface area contributed by atoms with Gasteiger partial charge in [-0.3, -0.25) is 0 Å². The van der Waals surface area contributed by atoms with Crippen molar-refractivity contribution in [1.29, 1.82) is 0 Å². The first kappa shape index (κ1) is 21.5. The minimum Gasteiger partial charge on any atom is -0.495 e. The van der Waals surface area contributed by atoms with Crippen LogP contribution in [-0.2, 0) is 10.0 Å². The molecule has 10 heteroatoms. The first-order chi connectivity index (χ1) is 14.5. The number of benzene rings is 1. The van der Waals surface area contributed by atoms with E-state index in [2.05, 4.69) is 9.88 Å². The Hall–Kier alpha value is -1.75. The van der Waals surface area contributed by atoms with Crippen molar-refractivity contribution in [3.63, 3.8) is 0 Å². The summed E-state index contributed by atoms with van der Waals surface area (Å²) in [6, 6.07) is 3.94. The second-order valence-corrected chi connectivity index (χ2v) is 10.3. The second kappa shape index (κ2) is 9.17. The third-order valence-electron chi connectivity index (χ3n) is 5.84. The number of sulfonamides is 1. The number of hydrogen-bond acceptors (Lipinski definition) is 7. The van der Waals surface area contributed by atoms with Gasteiger partial charge in [0, 0.05) is 43.8 Å². The number of piperidine rings is 2. The lowest BCUT2D eigenvalue weighted by Gasteiger charge is -2.41. The number of likely N-dealkylation sites (tertiary alicyclic amines) is 1. The first-order valence-electron chi connectivity index (χ1n) is 10.1. The number of methoxy groups -OCH3 is 1. The van der Waals surface area contributed by atoms with Gasteiger partial charge in [-0.15, -0.1) is 0 Å². The maximum absolute atomic E-state index is 13.7. The maximum atomic E-state index is 13.7. The molecule has 2 fully saturated rings. The van der Waals surface area contributed by atoms with E-state index in [-0.39, 0.29) is 16.7 Å². The average Bonchev–Trinajstić information content (AvgIpc) is 3.27. The van der Waals surface area contributed by atoms with Gasteiger partial charge >= 0.3 is 0 Å². The molecule has 0 spiro atoms. The van der Waals surface area contributed by atoms with E-state index in [1.807, 2.05) is 5.38 Å². The number of halogens is 1. The van der Waals surface area contributed by atoms with Crippen molar-refractivity contribution < 1.29 is 22.3 Å². The molecule has 3 heterocycles. The molecule has 4 rings (SSSR count). The molecule has 7 nitrogen and oxygen atoms in total. The molecule has 0 aliphatic carbocycles. The summed E-state index contributed by atoms with van der Waals surface area (Å²) in [5, 5.41) is 2.63. The molecular formula is C20H26FN3O4S2. The van der Waals surface area contributed by atoms with E-state index in [1.54, 1.807) is 6.20 Å². The zero-order chi connectivity index (χ0) is 21.1. The standard InChI is InChI=1S/C20H26FN3O4S2/c1-27-18-3-2-15(21)14-19(18)30(25,26)24-11-4-16(5-12-24)23-9-6-17(7-10-23)28-20-22-8-13-29-20/h2-3,8,13-14,16-17H,4-7,9-12H2,1H3. The van der Waals surface area contributed by atoms with Gasteiger partial charge in [0.1, 0.15) is 22.6 Å². The summed E-state index contributed by atoms with van der Waals surface area (Å²) in [5.74, 6) is -0.423. The minimum absolute atomic E-state index is 0.108. The number of hydrogen-bond donors (Lipinski definition) is 0.